The fraction of sp³-hybridized carbons (Fsp3) is 0.429. The number of hydrogen-bond donors (Lipinski definition) is 2. The number of nitrogens with one attached hydrogen (secondary N) is 2. The molecule has 188 valence electrons. The van der Waals surface area contributed by atoms with Gasteiger partial charge in [-0.2, -0.15) is 0 Å². The Morgan fingerprint density at radius 2 is 1.63 bits per heavy atom. The lowest BCUT2D eigenvalue weighted by Crippen LogP contribution is -2.50. The third kappa shape index (κ3) is 7.49. The molecule has 0 radical (unpaired) electrons. The van der Waals surface area contributed by atoms with Crippen molar-refractivity contribution >= 4 is 45.9 Å². The lowest BCUT2D eigenvalue weighted by Gasteiger charge is -2.28. The topological polar surface area (TPSA) is 65.2 Å². The number of unbranched alkanes of at least 4 members (excludes halogenated alkanes) is 4. The average Bonchev–Trinajstić information content (AvgIpc) is 3.27. The van der Waals surface area contributed by atoms with Crippen LogP contribution in [-0.2, 0) is 11.2 Å². The summed E-state index contributed by atoms with van der Waals surface area (Å²) < 4.78 is 0. The summed E-state index contributed by atoms with van der Waals surface area (Å²) in [7, 11) is 0. The van der Waals surface area contributed by atoms with Gasteiger partial charge in [-0.3, -0.25) is 9.59 Å². The van der Waals surface area contributed by atoms with Gasteiger partial charge in [-0.05, 0) is 42.7 Å². The van der Waals surface area contributed by atoms with Gasteiger partial charge in [0.2, 0.25) is 5.91 Å². The molecule has 1 atom stereocenters. The zero-order chi connectivity index (χ0) is 25.2. The van der Waals surface area contributed by atoms with E-state index in [1.807, 2.05) is 35.4 Å². The Balaban J connectivity index is 1.87. The molecule has 0 aliphatic carbocycles. The summed E-state index contributed by atoms with van der Waals surface area (Å²) in [6.07, 6.45) is 8.54. The molecule has 3 aromatic rings. The number of benzene rings is 2. The van der Waals surface area contributed by atoms with Crippen LogP contribution in [0.5, 0.6) is 0 Å². The van der Waals surface area contributed by atoms with E-state index in [1.54, 1.807) is 12.1 Å². The first-order chi connectivity index (χ1) is 16.9. The van der Waals surface area contributed by atoms with Crippen molar-refractivity contribution in [2.75, 3.05) is 13.1 Å². The van der Waals surface area contributed by atoms with E-state index in [-0.39, 0.29) is 11.8 Å². The smallest absolute Gasteiger partial charge is 0.251 e. The molecule has 0 saturated carbocycles. The van der Waals surface area contributed by atoms with Gasteiger partial charge in [-0.1, -0.05) is 80.9 Å². The predicted octanol–water partition coefficient (Wildman–Crippen LogP) is 7.02. The minimum absolute atomic E-state index is 0.0455. The molecule has 0 aliphatic heterocycles. The van der Waals surface area contributed by atoms with Crippen LogP contribution in [0.15, 0.2) is 48.7 Å². The van der Waals surface area contributed by atoms with E-state index < -0.39 is 6.04 Å². The van der Waals surface area contributed by atoms with Gasteiger partial charge >= 0.3 is 0 Å². The van der Waals surface area contributed by atoms with E-state index in [0.29, 0.717) is 35.1 Å². The van der Waals surface area contributed by atoms with Crippen molar-refractivity contribution in [2.45, 2.75) is 64.8 Å². The molecular weight excluding hydrogens is 481 g/mol. The monoisotopic (exact) mass is 515 g/mol. The predicted molar refractivity (Wildman–Crippen MR) is 145 cm³/mol. The molecule has 2 aromatic carbocycles. The van der Waals surface area contributed by atoms with Gasteiger partial charge in [0.05, 0.1) is 10.0 Å². The minimum Gasteiger partial charge on any atom is -0.361 e. The molecule has 5 nitrogen and oxygen atoms in total. The van der Waals surface area contributed by atoms with Crippen LogP contribution in [0.3, 0.4) is 0 Å². The third-order valence-electron chi connectivity index (χ3n) is 6.26. The van der Waals surface area contributed by atoms with Crippen molar-refractivity contribution in [3.8, 4) is 0 Å². The number of carbonyl (C=O) groups is 2. The minimum atomic E-state index is -0.695. The second kappa shape index (κ2) is 13.6. The standard InChI is InChI=1S/C28H35Cl2N3O2/c1-3-5-9-15-33(16-10-6-4-2)28(35)26(18-21-19-31-25-12-8-7-11-22(21)25)32-27(34)20-13-14-23(29)24(30)17-20/h7-8,11-14,17,19,26,31H,3-6,9-10,15-16,18H2,1-2H3,(H,32,34)/t26-/m0/s1. The normalized spacial score (nSPS) is 12.0. The maximum Gasteiger partial charge on any atom is 0.251 e. The number of hydrogen-bond acceptors (Lipinski definition) is 2. The number of nitrogens with zero attached hydrogens (tertiary/aromatic N) is 1. The Morgan fingerprint density at radius 3 is 2.29 bits per heavy atom. The second-order valence-corrected chi connectivity index (χ2v) is 9.77. The van der Waals surface area contributed by atoms with Crippen molar-refractivity contribution in [3.63, 3.8) is 0 Å². The highest BCUT2D eigenvalue weighted by Crippen LogP contribution is 2.23. The largest absolute Gasteiger partial charge is 0.361 e. The van der Waals surface area contributed by atoms with Crippen molar-refractivity contribution in [3.05, 3.63) is 69.8 Å². The van der Waals surface area contributed by atoms with Crippen molar-refractivity contribution in [2.24, 2.45) is 0 Å². The van der Waals surface area contributed by atoms with Crippen LogP contribution in [-0.4, -0.2) is 40.8 Å². The first-order valence-corrected chi connectivity index (χ1v) is 13.3. The number of rotatable bonds is 13. The van der Waals surface area contributed by atoms with Crippen LogP contribution < -0.4 is 5.32 Å². The molecule has 35 heavy (non-hydrogen) atoms. The Bertz CT molecular complexity index is 1120. The van der Waals surface area contributed by atoms with E-state index in [4.69, 9.17) is 23.2 Å². The van der Waals surface area contributed by atoms with E-state index in [9.17, 15) is 9.59 Å². The highest BCUT2D eigenvalue weighted by atomic mass is 35.5. The van der Waals surface area contributed by atoms with Gasteiger partial charge in [0, 0.05) is 42.2 Å². The first-order valence-electron chi connectivity index (χ1n) is 12.5. The zero-order valence-corrected chi connectivity index (χ0v) is 22.1. The summed E-state index contributed by atoms with van der Waals surface area (Å²) in [5.74, 6) is -0.389. The molecule has 7 heteroatoms. The van der Waals surface area contributed by atoms with Gasteiger partial charge in [0.1, 0.15) is 6.04 Å². The Kier molecular flexibility index (Phi) is 10.5. The highest BCUT2D eigenvalue weighted by molar-refractivity contribution is 6.42. The van der Waals surface area contributed by atoms with Crippen LogP contribution in [0.2, 0.25) is 10.0 Å². The van der Waals surface area contributed by atoms with E-state index in [1.165, 1.54) is 6.07 Å². The zero-order valence-electron chi connectivity index (χ0n) is 20.6. The third-order valence-corrected chi connectivity index (χ3v) is 7.00. The van der Waals surface area contributed by atoms with Gasteiger partial charge < -0.3 is 15.2 Å². The van der Waals surface area contributed by atoms with Gasteiger partial charge in [0.15, 0.2) is 0 Å². The van der Waals surface area contributed by atoms with E-state index >= 15 is 0 Å². The Hall–Kier alpha value is -2.50. The molecule has 0 unspecified atom stereocenters. The fourth-order valence-electron chi connectivity index (χ4n) is 4.26. The number of para-hydroxylation sites is 1. The summed E-state index contributed by atoms with van der Waals surface area (Å²) in [6.45, 7) is 5.70. The summed E-state index contributed by atoms with van der Waals surface area (Å²) in [4.78, 5) is 32.2. The number of fused-ring (bicyclic) bond motifs is 1. The van der Waals surface area contributed by atoms with Crippen LogP contribution in [0, 0.1) is 0 Å². The van der Waals surface area contributed by atoms with Crippen molar-refractivity contribution in [1.29, 1.82) is 0 Å². The van der Waals surface area contributed by atoms with Gasteiger partial charge in [0.25, 0.3) is 5.91 Å². The van der Waals surface area contributed by atoms with Crippen LogP contribution in [0.1, 0.15) is 68.3 Å². The number of aromatic nitrogens is 1. The number of amides is 2. The highest BCUT2D eigenvalue weighted by Gasteiger charge is 2.27. The fourth-order valence-corrected chi connectivity index (χ4v) is 4.56. The molecule has 0 saturated heterocycles. The van der Waals surface area contributed by atoms with Crippen LogP contribution >= 0.6 is 23.2 Å². The lowest BCUT2D eigenvalue weighted by atomic mass is 10.0. The number of carbonyl (C=O) groups excluding carboxylic acids is 2. The molecule has 1 aromatic heterocycles. The average molecular weight is 517 g/mol. The first kappa shape index (κ1) is 27.1. The van der Waals surface area contributed by atoms with Gasteiger partial charge in [-0.25, -0.2) is 0 Å². The van der Waals surface area contributed by atoms with Gasteiger partial charge in [-0.15, -0.1) is 0 Å². The lowest BCUT2D eigenvalue weighted by molar-refractivity contribution is -0.133. The summed E-state index contributed by atoms with van der Waals surface area (Å²) in [6, 6.07) is 12.0. The summed E-state index contributed by atoms with van der Waals surface area (Å²) in [5, 5.41) is 4.74. The molecule has 0 bridgehead atoms. The second-order valence-electron chi connectivity index (χ2n) is 8.96. The number of halogens is 2. The molecule has 2 N–H and O–H groups in total. The van der Waals surface area contributed by atoms with Crippen LogP contribution in [0.4, 0.5) is 0 Å². The SMILES string of the molecule is CCCCCN(CCCCC)C(=O)[C@H](Cc1c[nH]c2ccccc12)NC(=O)c1ccc(Cl)c(Cl)c1. The van der Waals surface area contributed by atoms with Crippen molar-refractivity contribution in [1.82, 2.24) is 15.2 Å². The maximum atomic E-state index is 13.8. The molecule has 0 spiro atoms. The van der Waals surface area contributed by atoms with Crippen LogP contribution in [0.25, 0.3) is 10.9 Å². The molecule has 0 aliphatic rings. The van der Waals surface area contributed by atoms with E-state index in [2.05, 4.69) is 24.1 Å². The Morgan fingerprint density at radius 1 is 0.943 bits per heavy atom. The molecule has 0 fully saturated rings. The number of aromatic amines is 1. The van der Waals surface area contributed by atoms with Crippen molar-refractivity contribution < 1.29 is 9.59 Å². The van der Waals surface area contributed by atoms with E-state index in [0.717, 1.165) is 55.0 Å². The molecule has 1 heterocycles. The molecule has 2 amide bonds. The summed E-state index contributed by atoms with van der Waals surface area (Å²) in [5.41, 5.74) is 2.38. The maximum absolute atomic E-state index is 13.8. The molecule has 3 rings (SSSR count). The number of H-pyrrole nitrogens is 1. The molecular formula is C28H35Cl2N3O2. The quantitative estimate of drug-likeness (QED) is 0.240. The Labute approximate surface area is 218 Å². The summed E-state index contributed by atoms with van der Waals surface area (Å²) >= 11 is 12.2.